The van der Waals surface area contributed by atoms with E-state index in [9.17, 15) is 18.4 Å². The van der Waals surface area contributed by atoms with Crippen LogP contribution < -0.4 is 21.7 Å². The molecule has 0 bridgehead atoms. The summed E-state index contributed by atoms with van der Waals surface area (Å²) in [5.74, 6) is -2.75. The number of benzene rings is 2. The van der Waals surface area contributed by atoms with E-state index in [1.165, 1.54) is 54.7 Å². The molecule has 5 N–H and O–H groups in total. The quantitative estimate of drug-likeness (QED) is 0.217. The smallest absolute Gasteiger partial charge is 0.407 e. The highest BCUT2D eigenvalue weighted by Crippen LogP contribution is 2.30. The maximum atomic E-state index is 15.2. The molecule has 3 heterocycles. The van der Waals surface area contributed by atoms with Gasteiger partial charge in [-0.3, -0.25) is 9.78 Å². The summed E-state index contributed by atoms with van der Waals surface area (Å²) in [6, 6.07) is 9.79. The molecule has 2 amide bonds. The van der Waals surface area contributed by atoms with Gasteiger partial charge in [0, 0.05) is 50.1 Å². The molecule has 1 aromatic heterocycles. The number of anilines is 1. The van der Waals surface area contributed by atoms with Crippen molar-refractivity contribution in [3.05, 3.63) is 107 Å². The van der Waals surface area contributed by atoms with Gasteiger partial charge in [0.25, 0.3) is 0 Å². The van der Waals surface area contributed by atoms with Gasteiger partial charge >= 0.3 is 6.09 Å². The van der Waals surface area contributed by atoms with Gasteiger partial charge in [0.05, 0.1) is 36.8 Å². The van der Waals surface area contributed by atoms with E-state index in [0.717, 1.165) is 12.6 Å². The largest absolute Gasteiger partial charge is 0.447 e. The van der Waals surface area contributed by atoms with Crippen molar-refractivity contribution < 1.29 is 37.0 Å². The molecule has 250 valence electrons. The van der Waals surface area contributed by atoms with E-state index in [0.29, 0.717) is 49.5 Å². The highest BCUT2D eigenvalue weighted by Gasteiger charge is 2.30. The molecule has 2 saturated heterocycles. The summed E-state index contributed by atoms with van der Waals surface area (Å²) >= 11 is 0. The summed E-state index contributed by atoms with van der Waals surface area (Å²) < 4.78 is 59.3. The van der Waals surface area contributed by atoms with Crippen LogP contribution in [0.2, 0.25) is 0 Å². The molecule has 0 aliphatic carbocycles. The Kier molecular flexibility index (Phi) is 11.6. The predicted molar refractivity (Wildman–Crippen MR) is 168 cm³/mol. The molecule has 2 fully saturated rings. The third-order valence-corrected chi connectivity index (χ3v) is 8.26. The van der Waals surface area contributed by atoms with Crippen LogP contribution in [0.3, 0.4) is 0 Å². The number of hydrogen-bond donors (Lipinski definition) is 4. The standard InChI is InChI=1S/C34H38F3N5O5/c1-20(30-17-39-14-26(47-30)19-46-34(44)41-13-21-10-11-45-18-21)12-27-28(37)15-40-16-29(27)42-33(43)32(38)31(22-2-6-24(35)7-3-22)23-4-8-25(36)9-5-23/h2-9,15-16,21,26,30-32,39H,1,10-14,17-19,38H2,(H,41,44)(H,42,43). The predicted octanol–water partition coefficient (Wildman–Crippen LogP) is 3.82. The number of aromatic nitrogens is 1. The lowest BCUT2D eigenvalue weighted by atomic mass is 9.85. The van der Waals surface area contributed by atoms with E-state index in [1.807, 2.05) is 0 Å². The number of rotatable bonds is 12. The lowest BCUT2D eigenvalue weighted by Gasteiger charge is -2.32. The van der Waals surface area contributed by atoms with Crippen molar-refractivity contribution in [1.29, 1.82) is 0 Å². The van der Waals surface area contributed by atoms with Gasteiger partial charge in [-0.1, -0.05) is 30.8 Å². The number of carbonyl (C=O) groups is 2. The summed E-state index contributed by atoms with van der Waals surface area (Å²) in [6.07, 6.45) is 1.71. The van der Waals surface area contributed by atoms with Crippen LogP contribution in [0.5, 0.6) is 0 Å². The van der Waals surface area contributed by atoms with Crippen LogP contribution in [0.1, 0.15) is 29.0 Å². The third kappa shape index (κ3) is 9.16. The SMILES string of the molecule is C=C(Cc1c(F)cncc1NC(=O)C(N)C(c1ccc(F)cc1)c1ccc(F)cc1)C1CNCC(COC(=O)NCC2CCOC2)O1. The molecule has 5 rings (SSSR count). The fourth-order valence-corrected chi connectivity index (χ4v) is 5.64. The first-order chi connectivity index (χ1) is 22.7. The van der Waals surface area contributed by atoms with Crippen molar-refractivity contribution in [2.24, 2.45) is 11.7 Å². The van der Waals surface area contributed by atoms with Gasteiger partial charge in [0.15, 0.2) is 0 Å². The van der Waals surface area contributed by atoms with Gasteiger partial charge < -0.3 is 35.9 Å². The van der Waals surface area contributed by atoms with Crippen molar-refractivity contribution in [2.75, 3.05) is 44.8 Å². The van der Waals surface area contributed by atoms with Crippen molar-refractivity contribution in [3.8, 4) is 0 Å². The van der Waals surface area contributed by atoms with Crippen LogP contribution >= 0.6 is 0 Å². The Morgan fingerprint density at radius 2 is 1.72 bits per heavy atom. The molecule has 2 aliphatic rings. The van der Waals surface area contributed by atoms with E-state index in [-0.39, 0.29) is 30.2 Å². The molecule has 2 aromatic carbocycles. The Morgan fingerprint density at radius 3 is 2.36 bits per heavy atom. The summed E-state index contributed by atoms with van der Waals surface area (Å²) in [6.45, 7) is 6.75. The molecule has 47 heavy (non-hydrogen) atoms. The molecule has 10 nitrogen and oxygen atoms in total. The summed E-state index contributed by atoms with van der Waals surface area (Å²) in [7, 11) is 0. The first-order valence-corrected chi connectivity index (χ1v) is 15.4. The number of nitrogens with two attached hydrogens (primary N) is 1. The lowest BCUT2D eigenvalue weighted by molar-refractivity contribution is -0.117. The van der Waals surface area contributed by atoms with Crippen molar-refractivity contribution >= 4 is 17.7 Å². The fraction of sp³-hybridized carbons (Fsp3) is 0.382. The Morgan fingerprint density at radius 1 is 1.04 bits per heavy atom. The Hall–Kier alpha value is -4.30. The Bertz CT molecular complexity index is 1490. The number of ether oxygens (including phenoxy) is 3. The van der Waals surface area contributed by atoms with Gasteiger partial charge in [-0.15, -0.1) is 0 Å². The van der Waals surface area contributed by atoms with E-state index in [4.69, 9.17) is 19.9 Å². The van der Waals surface area contributed by atoms with Gasteiger partial charge in [-0.05, 0) is 47.4 Å². The first-order valence-electron chi connectivity index (χ1n) is 15.4. The van der Waals surface area contributed by atoms with Crippen LogP contribution in [0.25, 0.3) is 0 Å². The summed E-state index contributed by atoms with van der Waals surface area (Å²) in [5.41, 5.74) is 8.28. The molecule has 2 aliphatic heterocycles. The average Bonchev–Trinajstić information content (AvgIpc) is 3.60. The van der Waals surface area contributed by atoms with E-state index >= 15 is 4.39 Å². The van der Waals surface area contributed by atoms with E-state index < -0.39 is 53.6 Å². The highest BCUT2D eigenvalue weighted by atomic mass is 19.1. The summed E-state index contributed by atoms with van der Waals surface area (Å²) in [5, 5.41) is 8.66. The van der Waals surface area contributed by atoms with Gasteiger partial charge in [0.2, 0.25) is 5.91 Å². The second-order valence-electron chi connectivity index (χ2n) is 11.7. The van der Waals surface area contributed by atoms with Gasteiger partial charge in [0.1, 0.15) is 30.2 Å². The number of nitrogens with one attached hydrogen (secondary N) is 3. The Balaban J connectivity index is 1.22. The Labute approximate surface area is 270 Å². The zero-order chi connectivity index (χ0) is 33.3. The van der Waals surface area contributed by atoms with Crippen molar-refractivity contribution in [3.63, 3.8) is 0 Å². The highest BCUT2D eigenvalue weighted by molar-refractivity contribution is 5.96. The molecule has 0 radical (unpaired) electrons. The van der Waals surface area contributed by atoms with Gasteiger partial charge in [-0.2, -0.15) is 0 Å². The number of halogens is 3. The first kappa shape index (κ1) is 34.0. The van der Waals surface area contributed by atoms with Crippen molar-refractivity contribution in [2.45, 2.75) is 37.0 Å². The second kappa shape index (κ2) is 16.0. The summed E-state index contributed by atoms with van der Waals surface area (Å²) in [4.78, 5) is 29.6. The number of alkyl carbamates (subject to hydrolysis) is 1. The van der Waals surface area contributed by atoms with Crippen LogP contribution in [-0.2, 0) is 25.4 Å². The van der Waals surface area contributed by atoms with Crippen LogP contribution in [-0.4, -0.2) is 74.7 Å². The monoisotopic (exact) mass is 653 g/mol. The zero-order valence-corrected chi connectivity index (χ0v) is 25.7. The number of hydrogen-bond acceptors (Lipinski definition) is 8. The van der Waals surface area contributed by atoms with E-state index in [2.05, 4.69) is 27.5 Å². The minimum absolute atomic E-state index is 0.00241. The average molecular weight is 654 g/mol. The van der Waals surface area contributed by atoms with Crippen LogP contribution in [0.4, 0.5) is 23.7 Å². The number of nitrogens with zero attached hydrogens (tertiary/aromatic N) is 1. The minimum Gasteiger partial charge on any atom is -0.447 e. The number of carbonyl (C=O) groups excluding carboxylic acids is 2. The molecule has 0 saturated carbocycles. The second-order valence-corrected chi connectivity index (χ2v) is 11.7. The molecule has 3 aromatic rings. The van der Waals surface area contributed by atoms with Gasteiger partial charge in [-0.25, -0.2) is 18.0 Å². The maximum Gasteiger partial charge on any atom is 0.407 e. The molecule has 13 heteroatoms. The molecule has 4 atom stereocenters. The molecular weight excluding hydrogens is 615 g/mol. The van der Waals surface area contributed by atoms with E-state index in [1.54, 1.807) is 0 Å². The third-order valence-electron chi connectivity index (χ3n) is 8.26. The minimum atomic E-state index is -1.22. The normalized spacial score (nSPS) is 20.1. The topological polar surface area (TPSA) is 137 Å². The number of amides is 2. The van der Waals surface area contributed by atoms with Crippen molar-refractivity contribution in [1.82, 2.24) is 15.6 Å². The molecule has 0 spiro atoms. The lowest BCUT2D eigenvalue weighted by Crippen LogP contribution is -2.48. The molecule has 4 unspecified atom stereocenters. The number of pyridine rings is 1. The van der Waals surface area contributed by atoms with Crippen LogP contribution in [0, 0.1) is 23.4 Å². The molecular formula is C34H38F3N5O5. The number of morpholine rings is 1. The van der Waals surface area contributed by atoms with Crippen LogP contribution in [0.15, 0.2) is 73.1 Å². The maximum absolute atomic E-state index is 15.2. The fourth-order valence-electron chi connectivity index (χ4n) is 5.64. The zero-order valence-electron chi connectivity index (χ0n) is 25.7.